The quantitative estimate of drug-likeness (QED) is 0.888. The van der Waals surface area contributed by atoms with Crippen LogP contribution in [0.25, 0.3) is 11.4 Å². The number of ether oxygens (including phenoxy) is 2. The van der Waals surface area contributed by atoms with Gasteiger partial charge in [0.25, 0.3) is 0 Å². The molecule has 2 aromatic rings. The molecule has 1 fully saturated rings. The van der Waals surface area contributed by atoms with Crippen molar-refractivity contribution in [3.05, 3.63) is 24.1 Å². The van der Waals surface area contributed by atoms with Crippen LogP contribution >= 0.6 is 0 Å². The van der Waals surface area contributed by atoms with Gasteiger partial charge in [-0.05, 0) is 12.1 Å². The van der Waals surface area contributed by atoms with E-state index in [0.29, 0.717) is 24.0 Å². The van der Waals surface area contributed by atoms with Crippen molar-refractivity contribution in [2.45, 2.75) is 6.54 Å². The minimum Gasteiger partial charge on any atom is -0.497 e. The van der Waals surface area contributed by atoms with Crippen molar-refractivity contribution in [1.29, 1.82) is 0 Å². The number of hydrogen-bond acceptors (Lipinski definition) is 7. The summed E-state index contributed by atoms with van der Waals surface area (Å²) in [6, 6.07) is 5.53. The molecule has 0 aliphatic carbocycles. The maximum absolute atomic E-state index is 5.38. The summed E-state index contributed by atoms with van der Waals surface area (Å²) in [6.07, 6.45) is 0. The van der Waals surface area contributed by atoms with E-state index in [-0.39, 0.29) is 0 Å². The van der Waals surface area contributed by atoms with Gasteiger partial charge in [-0.1, -0.05) is 5.16 Å². The first-order chi connectivity index (χ1) is 10.8. The van der Waals surface area contributed by atoms with Crippen LogP contribution in [0.2, 0.25) is 0 Å². The van der Waals surface area contributed by atoms with E-state index in [2.05, 4.69) is 20.4 Å². The number of rotatable bonds is 5. The molecule has 1 aliphatic heterocycles. The normalized spacial score (nSPS) is 15.7. The van der Waals surface area contributed by atoms with E-state index >= 15 is 0 Å². The average molecular weight is 304 g/mol. The van der Waals surface area contributed by atoms with Crippen LogP contribution in [0.1, 0.15) is 5.89 Å². The van der Waals surface area contributed by atoms with Gasteiger partial charge in [-0.3, -0.25) is 4.90 Å². The Balaban J connectivity index is 1.78. The summed E-state index contributed by atoms with van der Waals surface area (Å²) in [5.41, 5.74) is 0.790. The molecule has 1 saturated heterocycles. The average Bonchev–Trinajstić information content (AvgIpc) is 3.03. The Morgan fingerprint density at radius 3 is 2.77 bits per heavy atom. The van der Waals surface area contributed by atoms with Gasteiger partial charge in [0.1, 0.15) is 11.5 Å². The van der Waals surface area contributed by atoms with Crippen LogP contribution < -0.4 is 14.8 Å². The Kier molecular flexibility index (Phi) is 4.55. The van der Waals surface area contributed by atoms with Gasteiger partial charge in [-0.2, -0.15) is 4.98 Å². The first-order valence-corrected chi connectivity index (χ1v) is 7.28. The lowest BCUT2D eigenvalue weighted by Gasteiger charge is -2.25. The molecule has 0 spiro atoms. The van der Waals surface area contributed by atoms with Crippen LogP contribution in [0.3, 0.4) is 0 Å². The summed E-state index contributed by atoms with van der Waals surface area (Å²) in [4.78, 5) is 6.77. The van der Waals surface area contributed by atoms with Gasteiger partial charge in [0.05, 0.1) is 26.3 Å². The number of benzene rings is 1. The summed E-state index contributed by atoms with van der Waals surface area (Å²) in [6.45, 7) is 4.64. The highest BCUT2D eigenvalue weighted by Crippen LogP contribution is 2.31. The molecule has 118 valence electrons. The van der Waals surface area contributed by atoms with E-state index in [9.17, 15) is 0 Å². The molecule has 1 N–H and O–H groups in total. The van der Waals surface area contributed by atoms with Crippen molar-refractivity contribution in [2.24, 2.45) is 0 Å². The molecule has 0 atom stereocenters. The molecular weight excluding hydrogens is 284 g/mol. The van der Waals surface area contributed by atoms with Crippen molar-refractivity contribution < 1.29 is 14.0 Å². The monoisotopic (exact) mass is 304 g/mol. The van der Waals surface area contributed by atoms with Crippen LogP contribution in [0.4, 0.5) is 0 Å². The zero-order valence-corrected chi connectivity index (χ0v) is 12.8. The Hall–Kier alpha value is -2.12. The lowest BCUT2D eigenvalue weighted by Crippen LogP contribution is -2.42. The number of nitrogens with one attached hydrogen (secondary N) is 1. The first-order valence-electron chi connectivity index (χ1n) is 7.28. The number of piperazine rings is 1. The Morgan fingerprint density at radius 1 is 1.23 bits per heavy atom. The third-order valence-corrected chi connectivity index (χ3v) is 3.69. The largest absolute Gasteiger partial charge is 0.497 e. The lowest BCUT2D eigenvalue weighted by molar-refractivity contribution is 0.203. The summed E-state index contributed by atoms with van der Waals surface area (Å²) < 4.78 is 15.9. The van der Waals surface area contributed by atoms with Crippen molar-refractivity contribution in [2.75, 3.05) is 40.4 Å². The number of aromatic nitrogens is 2. The number of methoxy groups -OCH3 is 2. The number of nitrogens with zero attached hydrogens (tertiary/aromatic N) is 3. The molecule has 7 heteroatoms. The van der Waals surface area contributed by atoms with Crippen LogP contribution in [-0.4, -0.2) is 55.4 Å². The van der Waals surface area contributed by atoms with Crippen LogP contribution in [0.5, 0.6) is 11.5 Å². The highest BCUT2D eigenvalue weighted by molar-refractivity contribution is 5.65. The fourth-order valence-corrected chi connectivity index (χ4v) is 2.47. The van der Waals surface area contributed by atoms with Crippen molar-refractivity contribution in [3.63, 3.8) is 0 Å². The molecule has 1 aromatic carbocycles. The predicted molar refractivity (Wildman–Crippen MR) is 81.0 cm³/mol. The molecule has 2 heterocycles. The lowest BCUT2D eigenvalue weighted by atomic mass is 10.2. The minimum absolute atomic E-state index is 0.532. The second-order valence-electron chi connectivity index (χ2n) is 5.10. The molecule has 0 amide bonds. The topological polar surface area (TPSA) is 72.7 Å². The third-order valence-electron chi connectivity index (χ3n) is 3.69. The van der Waals surface area contributed by atoms with E-state index in [0.717, 1.165) is 37.5 Å². The van der Waals surface area contributed by atoms with Gasteiger partial charge in [-0.25, -0.2) is 0 Å². The second kappa shape index (κ2) is 6.76. The molecule has 0 bridgehead atoms. The standard InChI is InChI=1S/C15H20N4O3/c1-20-11-3-4-12(13(9-11)21-2)15-17-14(22-18-15)10-19-7-5-16-6-8-19/h3-4,9,16H,5-8,10H2,1-2H3. The Labute approximate surface area is 129 Å². The summed E-state index contributed by atoms with van der Waals surface area (Å²) >= 11 is 0. The highest BCUT2D eigenvalue weighted by Gasteiger charge is 2.17. The van der Waals surface area contributed by atoms with Gasteiger partial charge < -0.3 is 19.3 Å². The Bertz CT molecular complexity index is 623. The van der Waals surface area contributed by atoms with Crippen molar-refractivity contribution in [3.8, 4) is 22.9 Å². The summed E-state index contributed by atoms with van der Waals surface area (Å²) in [7, 11) is 3.23. The number of hydrogen-bond donors (Lipinski definition) is 1. The van der Waals surface area contributed by atoms with E-state index in [1.807, 2.05) is 18.2 Å². The predicted octanol–water partition coefficient (Wildman–Crippen LogP) is 1.16. The van der Waals surface area contributed by atoms with Gasteiger partial charge in [0.15, 0.2) is 0 Å². The van der Waals surface area contributed by atoms with Gasteiger partial charge in [-0.15, -0.1) is 0 Å². The SMILES string of the molecule is COc1ccc(-c2noc(CN3CCNCC3)n2)c(OC)c1. The van der Waals surface area contributed by atoms with E-state index in [1.165, 1.54) is 0 Å². The highest BCUT2D eigenvalue weighted by atomic mass is 16.5. The third kappa shape index (κ3) is 3.20. The minimum atomic E-state index is 0.532. The van der Waals surface area contributed by atoms with Crippen molar-refractivity contribution >= 4 is 0 Å². The van der Waals surface area contributed by atoms with E-state index in [1.54, 1.807) is 14.2 Å². The molecule has 0 unspecified atom stereocenters. The van der Waals surface area contributed by atoms with Crippen LogP contribution in [-0.2, 0) is 6.54 Å². The molecule has 0 radical (unpaired) electrons. The van der Waals surface area contributed by atoms with E-state index in [4.69, 9.17) is 14.0 Å². The molecular formula is C15H20N4O3. The fourth-order valence-electron chi connectivity index (χ4n) is 2.47. The zero-order chi connectivity index (χ0) is 15.4. The molecule has 3 rings (SSSR count). The van der Waals surface area contributed by atoms with Crippen molar-refractivity contribution in [1.82, 2.24) is 20.4 Å². The van der Waals surface area contributed by atoms with Gasteiger partial charge >= 0.3 is 0 Å². The smallest absolute Gasteiger partial charge is 0.241 e. The Morgan fingerprint density at radius 2 is 2.05 bits per heavy atom. The fraction of sp³-hybridized carbons (Fsp3) is 0.467. The zero-order valence-electron chi connectivity index (χ0n) is 12.8. The molecule has 0 saturated carbocycles. The second-order valence-corrected chi connectivity index (χ2v) is 5.10. The van der Waals surface area contributed by atoms with Gasteiger partial charge in [0, 0.05) is 32.2 Å². The van der Waals surface area contributed by atoms with E-state index < -0.39 is 0 Å². The molecule has 1 aliphatic rings. The van der Waals surface area contributed by atoms with Gasteiger partial charge in [0.2, 0.25) is 11.7 Å². The van der Waals surface area contributed by atoms with Crippen LogP contribution in [0.15, 0.2) is 22.7 Å². The maximum atomic E-state index is 5.38. The molecule has 1 aromatic heterocycles. The molecule has 22 heavy (non-hydrogen) atoms. The summed E-state index contributed by atoms with van der Waals surface area (Å²) in [5, 5.41) is 7.39. The first kappa shape index (κ1) is 14.8. The van der Waals surface area contributed by atoms with Crippen LogP contribution in [0, 0.1) is 0 Å². The maximum Gasteiger partial charge on any atom is 0.241 e. The molecule has 7 nitrogen and oxygen atoms in total. The summed E-state index contributed by atoms with van der Waals surface area (Å²) in [5.74, 6) is 2.54.